The highest BCUT2D eigenvalue weighted by atomic mass is 35.5. The smallest absolute Gasteiger partial charge is 0.226 e. The molecule has 1 aliphatic rings. The van der Waals surface area contributed by atoms with Crippen LogP contribution in [0.3, 0.4) is 0 Å². The third-order valence-electron chi connectivity index (χ3n) is 3.45. The van der Waals surface area contributed by atoms with Crippen LogP contribution in [0.1, 0.15) is 42.6 Å². The number of hydrogen-bond acceptors (Lipinski definition) is 2. The maximum Gasteiger partial charge on any atom is 0.226 e. The van der Waals surface area contributed by atoms with Gasteiger partial charge in [-0.1, -0.05) is 19.1 Å². The number of hydrogen-bond donors (Lipinski definition) is 0. The van der Waals surface area contributed by atoms with E-state index in [1.807, 2.05) is 19.1 Å². The number of fused-ring (bicyclic) bond motifs is 1. The van der Waals surface area contributed by atoms with Crippen LogP contribution in [0.25, 0.3) is 0 Å². The van der Waals surface area contributed by atoms with Crippen molar-refractivity contribution in [3.8, 4) is 0 Å². The number of Topliss-reactive ketones (excluding diaryl/α,β-unsaturated/α-hetero) is 1. The number of carbonyl (C=O) groups excluding carboxylic acids is 2. The lowest BCUT2D eigenvalue weighted by Gasteiger charge is -2.29. The van der Waals surface area contributed by atoms with E-state index in [-0.39, 0.29) is 11.7 Å². The van der Waals surface area contributed by atoms with Gasteiger partial charge in [0, 0.05) is 24.2 Å². The van der Waals surface area contributed by atoms with Gasteiger partial charge in [0.15, 0.2) is 5.78 Å². The Hall–Kier alpha value is -1.35. The molecule has 0 bridgehead atoms. The average molecular weight is 280 g/mol. The molecule has 0 aliphatic carbocycles. The number of anilines is 1. The Morgan fingerprint density at radius 3 is 2.79 bits per heavy atom. The molecule has 1 atom stereocenters. The summed E-state index contributed by atoms with van der Waals surface area (Å²) in [7, 11) is 0. The van der Waals surface area contributed by atoms with Crippen molar-refractivity contribution in [1.29, 1.82) is 0 Å². The molecule has 0 saturated carbocycles. The van der Waals surface area contributed by atoms with Crippen molar-refractivity contribution < 1.29 is 9.59 Å². The largest absolute Gasteiger partial charge is 0.312 e. The lowest BCUT2D eigenvalue weighted by Crippen LogP contribution is -2.35. The van der Waals surface area contributed by atoms with Crippen LogP contribution in [0.15, 0.2) is 18.2 Å². The van der Waals surface area contributed by atoms with E-state index in [2.05, 4.69) is 0 Å². The summed E-state index contributed by atoms with van der Waals surface area (Å²) in [6.45, 7) is 4.25. The first-order valence-electron chi connectivity index (χ1n) is 6.66. The Labute approximate surface area is 118 Å². The maximum absolute atomic E-state index is 12.0. The first kappa shape index (κ1) is 14.1. The Balaban J connectivity index is 2.41. The summed E-state index contributed by atoms with van der Waals surface area (Å²) in [4.78, 5) is 25.7. The molecule has 102 valence electrons. The lowest BCUT2D eigenvalue weighted by atomic mass is 9.97. The minimum atomic E-state index is -0.544. The van der Waals surface area contributed by atoms with Crippen molar-refractivity contribution >= 4 is 29.0 Å². The molecule has 2 rings (SSSR count). The molecule has 1 aromatic carbocycles. The fourth-order valence-electron chi connectivity index (χ4n) is 2.41. The Bertz CT molecular complexity index is 511. The zero-order valence-electron chi connectivity index (χ0n) is 11.3. The third kappa shape index (κ3) is 2.81. The Kier molecular flexibility index (Phi) is 4.25. The predicted molar refractivity (Wildman–Crippen MR) is 77.1 cm³/mol. The summed E-state index contributed by atoms with van der Waals surface area (Å²) in [6, 6.07) is 5.56. The van der Waals surface area contributed by atoms with Crippen molar-refractivity contribution in [3.63, 3.8) is 0 Å². The number of amides is 1. The zero-order valence-corrected chi connectivity index (χ0v) is 12.0. The molecule has 0 fully saturated rings. The summed E-state index contributed by atoms with van der Waals surface area (Å²) >= 11 is 5.84. The summed E-state index contributed by atoms with van der Waals surface area (Å²) in [5, 5.41) is -0.544. The molecule has 1 aromatic rings. The second kappa shape index (κ2) is 5.74. The second-order valence-electron chi connectivity index (χ2n) is 4.83. The summed E-state index contributed by atoms with van der Waals surface area (Å²) < 4.78 is 0. The van der Waals surface area contributed by atoms with Crippen LogP contribution in [0.5, 0.6) is 0 Å². The molecule has 0 N–H and O–H groups in total. The normalized spacial score (nSPS) is 15.8. The van der Waals surface area contributed by atoms with E-state index in [1.54, 1.807) is 17.9 Å². The maximum atomic E-state index is 12.0. The Morgan fingerprint density at radius 1 is 1.42 bits per heavy atom. The molecule has 4 heteroatoms. The van der Waals surface area contributed by atoms with Crippen molar-refractivity contribution in [2.24, 2.45) is 0 Å². The topological polar surface area (TPSA) is 37.4 Å². The second-order valence-corrected chi connectivity index (χ2v) is 5.48. The van der Waals surface area contributed by atoms with Crippen LogP contribution < -0.4 is 4.90 Å². The van der Waals surface area contributed by atoms with Crippen molar-refractivity contribution in [1.82, 2.24) is 0 Å². The minimum Gasteiger partial charge on any atom is -0.312 e. The van der Waals surface area contributed by atoms with Crippen molar-refractivity contribution in [2.45, 2.75) is 38.5 Å². The molecule has 1 amide bonds. The van der Waals surface area contributed by atoms with E-state index in [0.717, 1.165) is 30.6 Å². The van der Waals surface area contributed by atoms with Crippen LogP contribution in [0, 0.1) is 0 Å². The van der Waals surface area contributed by atoms with Gasteiger partial charge in [-0.15, -0.1) is 11.6 Å². The minimum absolute atomic E-state index is 0.0982. The van der Waals surface area contributed by atoms with E-state index < -0.39 is 5.38 Å². The summed E-state index contributed by atoms with van der Waals surface area (Å²) in [6.07, 6.45) is 2.40. The molecule has 1 heterocycles. The van der Waals surface area contributed by atoms with Gasteiger partial charge in [-0.25, -0.2) is 0 Å². The van der Waals surface area contributed by atoms with Gasteiger partial charge in [0.1, 0.15) is 0 Å². The molecule has 0 radical (unpaired) electrons. The lowest BCUT2D eigenvalue weighted by molar-refractivity contribution is -0.118. The molecule has 0 spiro atoms. The van der Waals surface area contributed by atoms with E-state index >= 15 is 0 Å². The van der Waals surface area contributed by atoms with Gasteiger partial charge in [0.2, 0.25) is 5.91 Å². The first-order valence-corrected chi connectivity index (χ1v) is 7.09. The number of alkyl halides is 1. The van der Waals surface area contributed by atoms with Crippen molar-refractivity contribution in [3.05, 3.63) is 29.3 Å². The average Bonchev–Trinajstić information content (AvgIpc) is 2.44. The van der Waals surface area contributed by atoms with Gasteiger partial charge >= 0.3 is 0 Å². The third-order valence-corrected chi connectivity index (χ3v) is 3.65. The fourth-order valence-corrected chi connectivity index (χ4v) is 2.53. The van der Waals surface area contributed by atoms with Crippen LogP contribution in [0.4, 0.5) is 5.69 Å². The zero-order chi connectivity index (χ0) is 14.0. The van der Waals surface area contributed by atoms with Crippen LogP contribution in [-0.2, 0) is 11.2 Å². The van der Waals surface area contributed by atoms with E-state index in [9.17, 15) is 9.59 Å². The number of nitrogens with zero attached hydrogens (tertiary/aromatic N) is 1. The number of aryl methyl sites for hydroxylation is 1. The van der Waals surface area contributed by atoms with Crippen LogP contribution >= 0.6 is 11.6 Å². The van der Waals surface area contributed by atoms with Gasteiger partial charge in [-0.2, -0.15) is 0 Å². The highest BCUT2D eigenvalue weighted by molar-refractivity contribution is 6.33. The highest BCUT2D eigenvalue weighted by Gasteiger charge is 2.23. The monoisotopic (exact) mass is 279 g/mol. The molecule has 19 heavy (non-hydrogen) atoms. The number of benzene rings is 1. The van der Waals surface area contributed by atoms with E-state index in [0.29, 0.717) is 12.0 Å². The summed E-state index contributed by atoms with van der Waals surface area (Å²) in [5.41, 5.74) is 2.59. The molecule has 0 aromatic heterocycles. The SMILES string of the molecule is CCC(=O)N1CCCc2ccc(C(=O)C(C)Cl)cc21. The molecular formula is C15H18ClNO2. The van der Waals surface area contributed by atoms with Crippen LogP contribution in [0.2, 0.25) is 0 Å². The van der Waals surface area contributed by atoms with Gasteiger partial charge in [-0.05, 0) is 31.4 Å². The number of halogens is 1. The number of ketones is 1. The fraction of sp³-hybridized carbons (Fsp3) is 0.467. The molecule has 3 nitrogen and oxygen atoms in total. The van der Waals surface area contributed by atoms with Crippen LogP contribution in [-0.4, -0.2) is 23.6 Å². The quantitative estimate of drug-likeness (QED) is 0.629. The Morgan fingerprint density at radius 2 is 2.16 bits per heavy atom. The van der Waals surface area contributed by atoms with Crippen molar-refractivity contribution in [2.75, 3.05) is 11.4 Å². The van der Waals surface area contributed by atoms with Gasteiger partial charge in [0.25, 0.3) is 0 Å². The highest BCUT2D eigenvalue weighted by Crippen LogP contribution is 2.29. The molecule has 1 unspecified atom stereocenters. The number of rotatable bonds is 3. The van der Waals surface area contributed by atoms with E-state index in [1.165, 1.54) is 0 Å². The molecule has 0 saturated heterocycles. The first-order chi connectivity index (χ1) is 9.04. The van der Waals surface area contributed by atoms with E-state index in [4.69, 9.17) is 11.6 Å². The molecule has 1 aliphatic heterocycles. The van der Waals surface area contributed by atoms with Gasteiger partial charge in [-0.3, -0.25) is 9.59 Å². The standard InChI is InChI=1S/C15H18ClNO2/c1-3-14(18)17-8-4-5-11-6-7-12(9-13(11)17)15(19)10(2)16/h6-7,9-10H,3-5,8H2,1-2H3. The summed E-state index contributed by atoms with van der Waals surface area (Å²) in [5.74, 6) is 0.00316. The number of carbonyl (C=O) groups is 2. The molecular weight excluding hydrogens is 262 g/mol. The van der Waals surface area contributed by atoms with Gasteiger partial charge in [0.05, 0.1) is 5.38 Å². The van der Waals surface area contributed by atoms with Gasteiger partial charge < -0.3 is 4.90 Å². The predicted octanol–water partition coefficient (Wildman–Crippen LogP) is 3.19.